The van der Waals surface area contributed by atoms with Gasteiger partial charge in [-0.15, -0.1) is 0 Å². The zero-order chi connectivity index (χ0) is 25.0. The summed E-state index contributed by atoms with van der Waals surface area (Å²) >= 11 is 0.951. The van der Waals surface area contributed by atoms with Gasteiger partial charge in [0.1, 0.15) is 11.0 Å². The lowest BCUT2D eigenvalue weighted by Crippen LogP contribution is -2.39. The predicted octanol–water partition coefficient (Wildman–Crippen LogP) is 1.97. The highest BCUT2D eigenvalue weighted by atomic mass is 32.2. The lowest BCUT2D eigenvalue weighted by Gasteiger charge is -2.36. The van der Waals surface area contributed by atoms with Gasteiger partial charge in [-0.25, -0.2) is 14.5 Å². The Bertz CT molecular complexity index is 1340. The molecular weight excluding hydrogens is 476 g/mol. The molecule has 3 heterocycles. The van der Waals surface area contributed by atoms with Crippen LogP contribution in [0.15, 0.2) is 47.0 Å². The molecule has 0 bridgehead atoms. The number of anilines is 1. The molecule has 2 aromatic carbocycles. The van der Waals surface area contributed by atoms with Gasteiger partial charge in [0.25, 0.3) is 0 Å². The topological polar surface area (TPSA) is 134 Å². The summed E-state index contributed by atoms with van der Waals surface area (Å²) in [6.07, 6.45) is 0. The van der Waals surface area contributed by atoms with Crippen molar-refractivity contribution in [3.8, 4) is 17.2 Å². The molecule has 10 nitrogen and oxygen atoms in total. The molecule has 3 atom stereocenters. The summed E-state index contributed by atoms with van der Waals surface area (Å²) < 4.78 is 21.0. The van der Waals surface area contributed by atoms with Crippen molar-refractivity contribution < 1.29 is 38.1 Å². The Labute approximate surface area is 203 Å². The minimum absolute atomic E-state index is 0.102. The average Bonchev–Trinajstić information content (AvgIpc) is 3.11. The van der Waals surface area contributed by atoms with Crippen molar-refractivity contribution in [2.24, 2.45) is 11.7 Å². The van der Waals surface area contributed by atoms with E-state index in [4.69, 9.17) is 24.7 Å². The molecular formula is C24H20N2O8S. The number of hydrogen-bond donors (Lipinski definition) is 1. The van der Waals surface area contributed by atoms with Gasteiger partial charge in [0.05, 0.1) is 49.1 Å². The van der Waals surface area contributed by atoms with Crippen molar-refractivity contribution in [3.05, 3.63) is 58.1 Å². The number of carbonyl (C=O) groups is 4. The standard InChI is InChI=1S/C24H20N2O8S/c1-31-13-8-7-10(23(29)33-3)9-12(13)26-21(27)16-15-11-5-4-6-14(32-2)18(11)34-24(30)17(15)20(25)35-19(16)22(26)28/h4-9,15-16,19H,25H2,1-3H3/t15-,16+,19-/m1/s1. The fourth-order valence-corrected chi connectivity index (χ4v) is 6.00. The zero-order valence-electron chi connectivity index (χ0n) is 18.9. The molecule has 2 amide bonds. The molecule has 1 fully saturated rings. The van der Waals surface area contributed by atoms with Crippen molar-refractivity contribution in [2.45, 2.75) is 11.2 Å². The van der Waals surface area contributed by atoms with Gasteiger partial charge in [-0.05, 0) is 24.3 Å². The number of nitrogens with two attached hydrogens (primary N) is 1. The number of imide groups is 1. The Morgan fingerprint density at radius 3 is 2.46 bits per heavy atom. The minimum atomic E-state index is -0.944. The quantitative estimate of drug-likeness (QED) is 0.380. The van der Waals surface area contributed by atoms with Crippen molar-refractivity contribution >= 4 is 41.2 Å². The van der Waals surface area contributed by atoms with Gasteiger partial charge in [-0.1, -0.05) is 23.9 Å². The van der Waals surface area contributed by atoms with Gasteiger partial charge in [0.2, 0.25) is 11.8 Å². The summed E-state index contributed by atoms with van der Waals surface area (Å²) in [7, 11) is 4.06. The SMILES string of the molecule is COC(=O)c1ccc(OC)c(N2C(=O)[C@H]3[C@@H]4C(=C(N)S[C@H]3C2=O)C(=O)Oc2c(OC)cccc24)c1. The number of thioether (sulfide) groups is 1. The molecule has 5 rings (SSSR count). The Kier molecular flexibility index (Phi) is 5.43. The molecule has 0 aliphatic carbocycles. The number of carbonyl (C=O) groups excluding carboxylic acids is 4. The van der Waals surface area contributed by atoms with Gasteiger partial charge >= 0.3 is 11.9 Å². The van der Waals surface area contributed by atoms with Crippen molar-refractivity contribution in [1.82, 2.24) is 0 Å². The second-order valence-electron chi connectivity index (χ2n) is 7.98. The van der Waals surface area contributed by atoms with Crippen LogP contribution in [0.5, 0.6) is 17.2 Å². The van der Waals surface area contributed by atoms with Crippen LogP contribution in [0.4, 0.5) is 5.69 Å². The predicted molar refractivity (Wildman–Crippen MR) is 124 cm³/mol. The van der Waals surface area contributed by atoms with E-state index in [1.54, 1.807) is 18.2 Å². The largest absolute Gasteiger partial charge is 0.495 e. The second kappa shape index (κ2) is 8.35. The zero-order valence-corrected chi connectivity index (χ0v) is 19.7. The van der Waals surface area contributed by atoms with Crippen LogP contribution in [0, 0.1) is 5.92 Å². The van der Waals surface area contributed by atoms with Crippen LogP contribution in [0.3, 0.4) is 0 Å². The van der Waals surface area contributed by atoms with Crippen molar-refractivity contribution in [1.29, 1.82) is 0 Å². The van der Waals surface area contributed by atoms with E-state index in [0.717, 1.165) is 16.7 Å². The van der Waals surface area contributed by atoms with Gasteiger partial charge in [0.15, 0.2) is 11.5 Å². The van der Waals surface area contributed by atoms with Gasteiger partial charge in [0, 0.05) is 11.5 Å². The molecule has 0 radical (unpaired) electrons. The van der Waals surface area contributed by atoms with Crippen LogP contribution in [-0.2, 0) is 19.1 Å². The lowest BCUT2D eigenvalue weighted by molar-refractivity contribution is -0.132. The summed E-state index contributed by atoms with van der Waals surface area (Å²) in [6, 6.07) is 9.38. The molecule has 3 aliphatic heterocycles. The molecule has 35 heavy (non-hydrogen) atoms. The third-order valence-electron chi connectivity index (χ3n) is 6.30. The van der Waals surface area contributed by atoms with Gasteiger partial charge in [-0.2, -0.15) is 0 Å². The third-order valence-corrected chi connectivity index (χ3v) is 7.53. The average molecular weight is 496 g/mol. The molecule has 0 aromatic heterocycles. The third kappa shape index (κ3) is 3.26. The maximum Gasteiger partial charge on any atom is 0.342 e. The molecule has 2 aromatic rings. The Morgan fingerprint density at radius 1 is 1.03 bits per heavy atom. The molecule has 180 valence electrons. The highest BCUT2D eigenvalue weighted by Crippen LogP contribution is 2.56. The second-order valence-corrected chi connectivity index (χ2v) is 9.16. The first-order valence-electron chi connectivity index (χ1n) is 10.5. The smallest absolute Gasteiger partial charge is 0.342 e. The van der Waals surface area contributed by atoms with Crippen LogP contribution in [0.2, 0.25) is 0 Å². The minimum Gasteiger partial charge on any atom is -0.495 e. The summed E-state index contributed by atoms with van der Waals surface area (Å²) in [5.74, 6) is -3.44. The lowest BCUT2D eigenvalue weighted by atomic mass is 9.77. The highest BCUT2D eigenvalue weighted by Gasteiger charge is 2.59. The maximum atomic E-state index is 13.9. The first-order chi connectivity index (χ1) is 16.8. The summed E-state index contributed by atoms with van der Waals surface area (Å²) in [5.41, 5.74) is 7.14. The summed E-state index contributed by atoms with van der Waals surface area (Å²) in [5, 5.41) is -0.777. The van der Waals surface area contributed by atoms with E-state index >= 15 is 0 Å². The highest BCUT2D eigenvalue weighted by molar-refractivity contribution is 8.04. The number of fused-ring (bicyclic) bond motifs is 5. The number of para-hydroxylation sites is 1. The Hall–Kier alpha value is -3.99. The molecule has 0 spiro atoms. The van der Waals surface area contributed by atoms with Gasteiger partial charge < -0.3 is 24.7 Å². The first-order valence-corrected chi connectivity index (χ1v) is 11.4. The van der Waals surface area contributed by atoms with E-state index in [1.165, 1.54) is 39.5 Å². The molecule has 0 saturated carbocycles. The number of esters is 2. The van der Waals surface area contributed by atoms with Crippen LogP contribution >= 0.6 is 11.8 Å². The van der Waals surface area contributed by atoms with Crippen LogP contribution < -0.4 is 24.8 Å². The Morgan fingerprint density at radius 2 is 1.77 bits per heavy atom. The molecule has 1 saturated heterocycles. The number of nitrogens with zero attached hydrogens (tertiary/aromatic N) is 1. The summed E-state index contributed by atoms with van der Waals surface area (Å²) in [6.45, 7) is 0. The fraction of sp³-hybridized carbons (Fsp3) is 0.250. The number of benzene rings is 2. The number of ether oxygens (including phenoxy) is 4. The van der Waals surface area contributed by atoms with Gasteiger partial charge in [-0.3, -0.25) is 9.59 Å². The van der Waals surface area contributed by atoms with Crippen LogP contribution in [-0.4, -0.2) is 50.3 Å². The van der Waals surface area contributed by atoms with E-state index < -0.39 is 40.8 Å². The number of hydrogen-bond acceptors (Lipinski definition) is 10. The van der Waals surface area contributed by atoms with Crippen molar-refractivity contribution in [2.75, 3.05) is 26.2 Å². The normalized spacial score (nSPS) is 22.8. The Balaban J connectivity index is 1.66. The first kappa shape index (κ1) is 22.8. The summed E-state index contributed by atoms with van der Waals surface area (Å²) in [4.78, 5) is 53.5. The van der Waals surface area contributed by atoms with Crippen molar-refractivity contribution in [3.63, 3.8) is 0 Å². The van der Waals surface area contributed by atoms with Crippen LogP contribution in [0.1, 0.15) is 21.8 Å². The molecule has 3 aliphatic rings. The van der Waals surface area contributed by atoms with Crippen LogP contribution in [0.25, 0.3) is 0 Å². The molecule has 2 N–H and O–H groups in total. The van der Waals surface area contributed by atoms with E-state index in [1.807, 2.05) is 0 Å². The fourth-order valence-electron chi connectivity index (χ4n) is 4.76. The number of amides is 2. The molecule has 0 unspecified atom stereocenters. The molecule has 11 heteroatoms. The monoisotopic (exact) mass is 496 g/mol. The van der Waals surface area contributed by atoms with E-state index in [-0.39, 0.29) is 33.4 Å². The maximum absolute atomic E-state index is 13.9. The number of rotatable bonds is 4. The number of methoxy groups -OCH3 is 3. The van der Waals surface area contributed by atoms with E-state index in [2.05, 4.69) is 0 Å². The van der Waals surface area contributed by atoms with E-state index in [9.17, 15) is 19.2 Å². The van der Waals surface area contributed by atoms with E-state index in [0.29, 0.717) is 11.3 Å².